The maximum atomic E-state index is 12.8. The van der Waals surface area contributed by atoms with Gasteiger partial charge in [0.15, 0.2) is 0 Å². The summed E-state index contributed by atoms with van der Waals surface area (Å²) in [6.07, 6.45) is 1.74. The summed E-state index contributed by atoms with van der Waals surface area (Å²) >= 11 is 0. The molecule has 0 bridgehead atoms. The number of benzene rings is 2. The van der Waals surface area contributed by atoms with Crippen molar-refractivity contribution in [2.75, 3.05) is 0 Å². The second-order valence-corrected chi connectivity index (χ2v) is 5.28. The van der Waals surface area contributed by atoms with Gasteiger partial charge >= 0.3 is 5.69 Å². The fourth-order valence-corrected chi connectivity index (χ4v) is 2.65. The molecule has 3 rings (SSSR count). The molecule has 0 aliphatic carbocycles. The lowest BCUT2D eigenvalue weighted by atomic mass is 10.2. The molecule has 22 heavy (non-hydrogen) atoms. The maximum Gasteiger partial charge on any atom is 0.336 e. The minimum Gasteiger partial charge on any atom is -0.268 e. The summed E-state index contributed by atoms with van der Waals surface area (Å²) in [5.74, 6) is 0. The minimum atomic E-state index is -0.275. The van der Waals surface area contributed by atoms with Crippen molar-refractivity contribution in [1.29, 1.82) is 0 Å². The Morgan fingerprint density at radius 1 is 0.909 bits per heavy atom. The van der Waals surface area contributed by atoms with Crippen LogP contribution in [-0.4, -0.2) is 9.13 Å². The molecule has 112 valence electrons. The highest BCUT2D eigenvalue weighted by Gasteiger charge is 2.13. The summed E-state index contributed by atoms with van der Waals surface area (Å²) in [6.45, 7) is 2.49. The quantitative estimate of drug-likeness (QED) is 0.742. The van der Waals surface area contributed by atoms with Crippen molar-refractivity contribution in [3.63, 3.8) is 0 Å². The van der Waals surface area contributed by atoms with Crippen LogP contribution in [0.3, 0.4) is 0 Å². The van der Waals surface area contributed by atoms with Crippen LogP contribution in [0.4, 0.5) is 0 Å². The SMILES string of the molecule is CCCCn1c(=O)c2ccccc2n(-c2ccccc2)c1=O. The first-order valence-electron chi connectivity index (χ1n) is 7.54. The predicted molar refractivity (Wildman–Crippen MR) is 88.7 cm³/mol. The molecule has 0 aliphatic heterocycles. The van der Waals surface area contributed by atoms with E-state index in [1.807, 2.05) is 55.5 Å². The number of rotatable bonds is 4. The van der Waals surface area contributed by atoms with Gasteiger partial charge in [-0.25, -0.2) is 4.79 Å². The monoisotopic (exact) mass is 294 g/mol. The molecule has 3 aromatic rings. The first-order chi connectivity index (χ1) is 10.7. The lowest BCUT2D eigenvalue weighted by Crippen LogP contribution is -2.39. The Kier molecular flexibility index (Phi) is 3.92. The van der Waals surface area contributed by atoms with Crippen LogP contribution < -0.4 is 11.2 Å². The molecule has 0 fully saturated rings. The summed E-state index contributed by atoms with van der Waals surface area (Å²) in [4.78, 5) is 25.4. The molecular weight excluding hydrogens is 276 g/mol. The van der Waals surface area contributed by atoms with Gasteiger partial charge in [0.05, 0.1) is 16.6 Å². The zero-order valence-corrected chi connectivity index (χ0v) is 12.5. The zero-order valence-electron chi connectivity index (χ0n) is 12.5. The average molecular weight is 294 g/mol. The molecule has 0 N–H and O–H groups in total. The first-order valence-corrected chi connectivity index (χ1v) is 7.54. The molecular formula is C18H18N2O2. The molecule has 0 aliphatic rings. The van der Waals surface area contributed by atoms with Crippen molar-refractivity contribution in [2.45, 2.75) is 26.3 Å². The molecule has 0 saturated heterocycles. The van der Waals surface area contributed by atoms with Crippen LogP contribution >= 0.6 is 0 Å². The van der Waals surface area contributed by atoms with Gasteiger partial charge in [0.25, 0.3) is 5.56 Å². The van der Waals surface area contributed by atoms with E-state index in [-0.39, 0.29) is 11.2 Å². The van der Waals surface area contributed by atoms with Gasteiger partial charge in [-0.1, -0.05) is 43.7 Å². The van der Waals surface area contributed by atoms with Crippen molar-refractivity contribution in [3.8, 4) is 5.69 Å². The number of fused-ring (bicyclic) bond motifs is 1. The Hall–Kier alpha value is -2.62. The number of hydrogen-bond donors (Lipinski definition) is 0. The minimum absolute atomic E-state index is 0.207. The summed E-state index contributed by atoms with van der Waals surface area (Å²) < 4.78 is 2.96. The van der Waals surface area contributed by atoms with Crippen LogP contribution in [0.25, 0.3) is 16.6 Å². The van der Waals surface area contributed by atoms with Crippen molar-refractivity contribution in [1.82, 2.24) is 9.13 Å². The summed E-state index contributed by atoms with van der Waals surface area (Å²) in [5.41, 5.74) is 0.940. The molecule has 4 heteroatoms. The van der Waals surface area contributed by atoms with Gasteiger partial charge in [0, 0.05) is 6.54 Å². The third-order valence-electron chi connectivity index (χ3n) is 3.79. The van der Waals surface area contributed by atoms with Crippen molar-refractivity contribution in [2.24, 2.45) is 0 Å². The number of aromatic nitrogens is 2. The van der Waals surface area contributed by atoms with Crippen LogP contribution in [-0.2, 0) is 6.54 Å². The van der Waals surface area contributed by atoms with Crippen LogP contribution in [0, 0.1) is 0 Å². The Morgan fingerprint density at radius 2 is 1.59 bits per heavy atom. The van der Waals surface area contributed by atoms with E-state index >= 15 is 0 Å². The molecule has 0 unspecified atom stereocenters. The second kappa shape index (κ2) is 6.02. The largest absolute Gasteiger partial charge is 0.336 e. The van der Waals surface area contributed by atoms with Crippen molar-refractivity contribution < 1.29 is 0 Å². The molecule has 0 atom stereocenters. The Bertz CT molecular complexity index is 908. The van der Waals surface area contributed by atoms with Crippen LogP contribution in [0.5, 0.6) is 0 Å². The molecule has 0 spiro atoms. The smallest absolute Gasteiger partial charge is 0.268 e. The fourth-order valence-electron chi connectivity index (χ4n) is 2.65. The molecule has 1 heterocycles. The Morgan fingerprint density at radius 3 is 2.32 bits per heavy atom. The molecule has 0 radical (unpaired) electrons. The number of nitrogens with zero attached hydrogens (tertiary/aromatic N) is 2. The summed E-state index contributed by atoms with van der Waals surface area (Å²) in [6, 6.07) is 16.7. The number of unbranched alkanes of at least 4 members (excludes halogenated alkanes) is 1. The standard InChI is InChI=1S/C18H18N2O2/c1-2-3-13-19-17(21)15-11-7-8-12-16(15)20(18(19)22)14-9-5-4-6-10-14/h4-12H,2-3,13H2,1H3. The van der Waals surface area contributed by atoms with Gasteiger partial charge in [-0.05, 0) is 30.7 Å². The van der Waals surface area contributed by atoms with Gasteiger partial charge in [-0.15, -0.1) is 0 Å². The van der Waals surface area contributed by atoms with Gasteiger partial charge in [0.1, 0.15) is 0 Å². The van der Waals surface area contributed by atoms with E-state index in [2.05, 4.69) is 0 Å². The highest BCUT2D eigenvalue weighted by atomic mass is 16.2. The molecule has 4 nitrogen and oxygen atoms in total. The molecule has 1 aromatic heterocycles. The van der Waals surface area contributed by atoms with Gasteiger partial charge < -0.3 is 0 Å². The predicted octanol–water partition coefficient (Wildman–Crippen LogP) is 2.95. The average Bonchev–Trinajstić information content (AvgIpc) is 2.56. The van der Waals surface area contributed by atoms with Crippen molar-refractivity contribution in [3.05, 3.63) is 75.4 Å². The van der Waals surface area contributed by atoms with Gasteiger partial charge in [-0.2, -0.15) is 0 Å². The van der Waals surface area contributed by atoms with Crippen LogP contribution in [0.1, 0.15) is 19.8 Å². The van der Waals surface area contributed by atoms with Crippen LogP contribution in [0.2, 0.25) is 0 Å². The topological polar surface area (TPSA) is 44.0 Å². The Labute approximate surface area is 128 Å². The second-order valence-electron chi connectivity index (χ2n) is 5.28. The Balaban J connectivity index is 2.40. The lowest BCUT2D eigenvalue weighted by Gasteiger charge is -2.13. The van der Waals surface area contributed by atoms with E-state index in [1.54, 1.807) is 10.6 Å². The number of para-hydroxylation sites is 2. The van der Waals surface area contributed by atoms with Gasteiger partial charge in [-0.3, -0.25) is 13.9 Å². The maximum absolute atomic E-state index is 12.8. The van der Waals surface area contributed by atoms with E-state index in [0.29, 0.717) is 17.4 Å². The van der Waals surface area contributed by atoms with Crippen LogP contribution in [0.15, 0.2) is 64.2 Å². The summed E-state index contributed by atoms with van der Waals surface area (Å²) in [5, 5.41) is 0.571. The van der Waals surface area contributed by atoms with E-state index in [4.69, 9.17) is 0 Å². The first kappa shape index (κ1) is 14.3. The van der Waals surface area contributed by atoms with E-state index in [1.165, 1.54) is 4.57 Å². The zero-order chi connectivity index (χ0) is 15.5. The van der Waals surface area contributed by atoms with E-state index in [0.717, 1.165) is 18.5 Å². The highest BCUT2D eigenvalue weighted by molar-refractivity contribution is 5.79. The molecule has 0 amide bonds. The van der Waals surface area contributed by atoms with Crippen molar-refractivity contribution >= 4 is 10.9 Å². The fraction of sp³-hybridized carbons (Fsp3) is 0.222. The van der Waals surface area contributed by atoms with E-state index in [9.17, 15) is 9.59 Å². The third kappa shape index (κ3) is 2.37. The van der Waals surface area contributed by atoms with E-state index < -0.39 is 0 Å². The summed E-state index contributed by atoms with van der Waals surface area (Å²) in [7, 11) is 0. The number of hydrogen-bond acceptors (Lipinski definition) is 2. The lowest BCUT2D eigenvalue weighted by molar-refractivity contribution is 0.578. The molecule has 2 aromatic carbocycles. The third-order valence-corrected chi connectivity index (χ3v) is 3.79. The normalized spacial score (nSPS) is 11.0. The molecule has 0 saturated carbocycles. The highest BCUT2D eigenvalue weighted by Crippen LogP contribution is 2.13. The van der Waals surface area contributed by atoms with Gasteiger partial charge in [0.2, 0.25) is 0 Å².